The van der Waals surface area contributed by atoms with Gasteiger partial charge >= 0.3 is 0 Å². The summed E-state index contributed by atoms with van der Waals surface area (Å²) < 4.78 is 5.99. The van der Waals surface area contributed by atoms with Gasteiger partial charge in [-0.1, -0.05) is 27.2 Å². The normalized spacial score (nSPS) is 36.0. The molecule has 0 radical (unpaired) electrons. The van der Waals surface area contributed by atoms with Gasteiger partial charge in [0.1, 0.15) is 5.72 Å². The summed E-state index contributed by atoms with van der Waals surface area (Å²) in [6.07, 6.45) is 2.33. The smallest absolute Gasteiger partial charge is 0.124 e. The lowest BCUT2D eigenvalue weighted by atomic mass is 9.93. The van der Waals surface area contributed by atoms with Gasteiger partial charge in [-0.25, -0.2) is 0 Å². The fourth-order valence-corrected chi connectivity index (χ4v) is 2.32. The van der Waals surface area contributed by atoms with Gasteiger partial charge < -0.3 is 4.74 Å². The highest BCUT2D eigenvalue weighted by Gasteiger charge is 2.45. The van der Waals surface area contributed by atoms with Crippen molar-refractivity contribution in [2.45, 2.75) is 52.3 Å². The fraction of sp³-hybridized carbons (Fsp3) is 1.00. The van der Waals surface area contributed by atoms with Crippen LogP contribution in [0.2, 0.25) is 0 Å². The van der Waals surface area contributed by atoms with Crippen LogP contribution in [0, 0.1) is 5.92 Å². The quantitative estimate of drug-likeness (QED) is 0.670. The van der Waals surface area contributed by atoms with Crippen LogP contribution in [0.15, 0.2) is 0 Å². The lowest BCUT2D eigenvalue weighted by Crippen LogP contribution is -2.49. The summed E-state index contributed by atoms with van der Waals surface area (Å²) in [5.74, 6) is 0.572. The van der Waals surface area contributed by atoms with E-state index in [0.717, 1.165) is 13.0 Å². The van der Waals surface area contributed by atoms with E-state index in [1.807, 2.05) is 0 Å². The fourth-order valence-electron chi connectivity index (χ4n) is 2.32. The Balaban J connectivity index is 2.79. The second-order valence-corrected chi connectivity index (χ2v) is 4.52. The number of hydrogen-bond acceptors (Lipinski definition) is 2. The summed E-state index contributed by atoms with van der Waals surface area (Å²) in [6.45, 7) is 9.85. The van der Waals surface area contributed by atoms with Crippen LogP contribution in [0.5, 0.6) is 0 Å². The molecule has 13 heavy (non-hydrogen) atoms. The van der Waals surface area contributed by atoms with Gasteiger partial charge in [0.2, 0.25) is 0 Å². The first kappa shape index (κ1) is 11.0. The molecule has 0 aromatic heterocycles. The molecule has 2 nitrogen and oxygen atoms in total. The monoisotopic (exact) mass is 185 g/mol. The summed E-state index contributed by atoms with van der Waals surface area (Å²) in [5, 5.41) is 0. The van der Waals surface area contributed by atoms with Gasteiger partial charge in [0, 0.05) is 6.04 Å². The number of rotatable bonds is 3. The van der Waals surface area contributed by atoms with E-state index in [-0.39, 0.29) is 5.72 Å². The molecule has 1 aliphatic rings. The Morgan fingerprint density at radius 3 is 2.46 bits per heavy atom. The molecular formula is C11H23NO. The third-order valence-corrected chi connectivity index (χ3v) is 3.34. The molecule has 0 bridgehead atoms. The lowest BCUT2D eigenvalue weighted by Gasteiger charge is -2.39. The zero-order valence-corrected chi connectivity index (χ0v) is 9.63. The Morgan fingerprint density at radius 1 is 1.54 bits per heavy atom. The zero-order chi connectivity index (χ0) is 10.1. The van der Waals surface area contributed by atoms with E-state index in [0.29, 0.717) is 12.0 Å². The second kappa shape index (κ2) is 3.97. The molecule has 1 fully saturated rings. The van der Waals surface area contributed by atoms with Gasteiger partial charge in [-0.15, -0.1) is 0 Å². The maximum Gasteiger partial charge on any atom is 0.124 e. The first-order valence-electron chi connectivity index (χ1n) is 5.41. The van der Waals surface area contributed by atoms with Crippen LogP contribution in [0.3, 0.4) is 0 Å². The molecule has 0 unspecified atom stereocenters. The summed E-state index contributed by atoms with van der Waals surface area (Å²) >= 11 is 0. The molecular weight excluding hydrogens is 162 g/mol. The van der Waals surface area contributed by atoms with E-state index in [1.54, 1.807) is 0 Å². The van der Waals surface area contributed by atoms with Gasteiger partial charge in [-0.05, 0) is 26.3 Å². The Labute approximate surface area is 82.3 Å². The minimum atomic E-state index is 0.00810. The summed E-state index contributed by atoms with van der Waals surface area (Å²) in [4.78, 5) is 2.40. The second-order valence-electron chi connectivity index (χ2n) is 4.52. The summed E-state index contributed by atoms with van der Waals surface area (Å²) in [6, 6.07) is 0.564. The first-order chi connectivity index (χ1) is 6.04. The SMILES string of the molecule is CCC[C@@]1(C(C)C)OC[C@@H](C)N1C. The van der Waals surface area contributed by atoms with Crippen LogP contribution >= 0.6 is 0 Å². The number of ether oxygens (including phenoxy) is 1. The van der Waals surface area contributed by atoms with Crippen molar-refractivity contribution in [1.29, 1.82) is 0 Å². The maximum atomic E-state index is 5.99. The highest BCUT2D eigenvalue weighted by molar-refractivity contribution is 4.90. The minimum Gasteiger partial charge on any atom is -0.359 e. The van der Waals surface area contributed by atoms with Crippen LogP contribution in [0.1, 0.15) is 40.5 Å². The third kappa shape index (κ3) is 1.75. The molecule has 1 aliphatic heterocycles. The highest BCUT2D eigenvalue weighted by Crippen LogP contribution is 2.36. The summed E-state index contributed by atoms with van der Waals surface area (Å²) in [7, 11) is 2.19. The number of likely N-dealkylation sites (N-methyl/N-ethyl adjacent to an activating group) is 1. The molecule has 1 saturated heterocycles. The molecule has 0 aliphatic carbocycles. The molecule has 0 aromatic carbocycles. The van der Waals surface area contributed by atoms with E-state index in [4.69, 9.17) is 4.74 Å². The molecule has 0 amide bonds. The number of nitrogens with zero attached hydrogens (tertiary/aromatic N) is 1. The van der Waals surface area contributed by atoms with E-state index < -0.39 is 0 Å². The average Bonchev–Trinajstić information content (AvgIpc) is 2.34. The summed E-state index contributed by atoms with van der Waals surface area (Å²) in [5.41, 5.74) is 0.00810. The van der Waals surface area contributed by atoms with Crippen molar-refractivity contribution in [1.82, 2.24) is 4.90 Å². The molecule has 0 aromatic rings. The topological polar surface area (TPSA) is 12.5 Å². The van der Waals surface area contributed by atoms with E-state index in [2.05, 4.69) is 39.6 Å². The first-order valence-corrected chi connectivity index (χ1v) is 5.41. The van der Waals surface area contributed by atoms with Crippen molar-refractivity contribution in [3.8, 4) is 0 Å². The molecule has 1 heterocycles. The molecule has 2 heteroatoms. The van der Waals surface area contributed by atoms with Crippen LogP contribution in [0.4, 0.5) is 0 Å². The van der Waals surface area contributed by atoms with Gasteiger partial charge in [-0.2, -0.15) is 0 Å². The Hall–Kier alpha value is -0.0800. The van der Waals surface area contributed by atoms with Gasteiger partial charge in [0.25, 0.3) is 0 Å². The van der Waals surface area contributed by atoms with E-state index in [9.17, 15) is 0 Å². The van der Waals surface area contributed by atoms with Crippen LogP contribution in [0.25, 0.3) is 0 Å². The van der Waals surface area contributed by atoms with Gasteiger partial charge in [0.05, 0.1) is 6.61 Å². The molecule has 1 rings (SSSR count). The average molecular weight is 185 g/mol. The van der Waals surface area contributed by atoms with Crippen LogP contribution in [-0.4, -0.2) is 30.3 Å². The molecule has 0 spiro atoms. The lowest BCUT2D eigenvalue weighted by molar-refractivity contribution is -0.116. The zero-order valence-electron chi connectivity index (χ0n) is 9.63. The van der Waals surface area contributed by atoms with Crippen molar-refractivity contribution in [3.63, 3.8) is 0 Å². The number of hydrogen-bond donors (Lipinski definition) is 0. The standard InChI is InChI=1S/C11H23NO/c1-6-7-11(9(2)3)12(5)10(4)8-13-11/h9-10H,6-8H2,1-5H3/t10-,11+/m1/s1. The minimum absolute atomic E-state index is 0.00810. The molecule has 0 N–H and O–H groups in total. The molecule has 0 saturated carbocycles. The Morgan fingerprint density at radius 2 is 2.15 bits per heavy atom. The highest BCUT2D eigenvalue weighted by atomic mass is 16.5. The molecule has 2 atom stereocenters. The van der Waals surface area contributed by atoms with Gasteiger partial charge in [-0.3, -0.25) is 4.90 Å². The third-order valence-electron chi connectivity index (χ3n) is 3.34. The van der Waals surface area contributed by atoms with Crippen LogP contribution in [-0.2, 0) is 4.74 Å². The van der Waals surface area contributed by atoms with Crippen LogP contribution < -0.4 is 0 Å². The van der Waals surface area contributed by atoms with Crippen molar-refractivity contribution in [3.05, 3.63) is 0 Å². The molecule has 78 valence electrons. The largest absolute Gasteiger partial charge is 0.359 e. The maximum absolute atomic E-state index is 5.99. The van der Waals surface area contributed by atoms with Crippen molar-refractivity contribution in [2.24, 2.45) is 5.92 Å². The Kier molecular flexibility index (Phi) is 3.36. The van der Waals surface area contributed by atoms with E-state index in [1.165, 1.54) is 6.42 Å². The van der Waals surface area contributed by atoms with Crippen molar-refractivity contribution < 1.29 is 4.74 Å². The van der Waals surface area contributed by atoms with Crippen molar-refractivity contribution in [2.75, 3.05) is 13.7 Å². The predicted molar refractivity (Wildman–Crippen MR) is 55.7 cm³/mol. The van der Waals surface area contributed by atoms with E-state index >= 15 is 0 Å². The predicted octanol–water partition coefficient (Wildman–Crippen LogP) is 2.49. The van der Waals surface area contributed by atoms with Crippen molar-refractivity contribution >= 4 is 0 Å². The van der Waals surface area contributed by atoms with Gasteiger partial charge in [0.15, 0.2) is 0 Å². The Bertz CT molecular complexity index is 165.